The van der Waals surface area contributed by atoms with Crippen molar-refractivity contribution in [1.29, 1.82) is 0 Å². The summed E-state index contributed by atoms with van der Waals surface area (Å²) in [6, 6.07) is 9.65. The van der Waals surface area contributed by atoms with Crippen molar-refractivity contribution < 1.29 is 19.4 Å². The molecule has 0 saturated carbocycles. The second-order valence-corrected chi connectivity index (χ2v) is 6.79. The van der Waals surface area contributed by atoms with E-state index < -0.39 is 16.3 Å². The molecule has 0 bridgehead atoms. The van der Waals surface area contributed by atoms with Crippen LogP contribution in [0.25, 0.3) is 10.8 Å². The van der Waals surface area contributed by atoms with Crippen LogP contribution >= 0.6 is 15.9 Å². The second kappa shape index (κ2) is 5.25. The van der Waals surface area contributed by atoms with Gasteiger partial charge in [0.05, 0.1) is 5.97 Å². The third-order valence-corrected chi connectivity index (χ3v) is 3.12. The fourth-order valence-corrected chi connectivity index (χ4v) is 1.84. The lowest BCUT2D eigenvalue weighted by Crippen LogP contribution is -2.29. The van der Waals surface area contributed by atoms with Crippen LogP contribution in [0.15, 0.2) is 36.4 Å². The molecule has 0 aromatic heterocycles. The Balaban J connectivity index is 2.54. The van der Waals surface area contributed by atoms with Crippen molar-refractivity contribution in [3.05, 3.63) is 42.0 Å². The highest BCUT2D eigenvalue weighted by atomic mass is 79.9. The molecule has 4 nitrogen and oxygen atoms in total. The minimum absolute atomic E-state index is 0.0681. The first-order valence-corrected chi connectivity index (χ1v) is 6.74. The van der Waals surface area contributed by atoms with Crippen LogP contribution in [0.2, 0.25) is 0 Å². The number of benzene rings is 2. The average Bonchev–Trinajstić information content (AvgIpc) is 2.37. The van der Waals surface area contributed by atoms with Gasteiger partial charge in [-0.05, 0) is 31.4 Å². The molecule has 0 fully saturated rings. The minimum atomic E-state index is -1.26. The molecule has 2 rings (SSSR count). The van der Waals surface area contributed by atoms with E-state index in [1.54, 1.807) is 38.1 Å². The van der Waals surface area contributed by atoms with Crippen LogP contribution < -0.4 is 9.84 Å². The summed E-state index contributed by atoms with van der Waals surface area (Å²) in [5, 5.41) is 12.1. The van der Waals surface area contributed by atoms with E-state index in [0.29, 0.717) is 16.5 Å². The van der Waals surface area contributed by atoms with Crippen molar-refractivity contribution >= 4 is 38.6 Å². The summed E-state index contributed by atoms with van der Waals surface area (Å²) in [6.45, 7) is 3.35. The van der Waals surface area contributed by atoms with Crippen molar-refractivity contribution in [2.45, 2.75) is 18.2 Å². The van der Waals surface area contributed by atoms with Gasteiger partial charge in [0, 0.05) is 10.9 Å². The van der Waals surface area contributed by atoms with Crippen LogP contribution in [0.5, 0.6) is 5.75 Å². The molecule has 104 valence electrons. The molecular formula is C15H12BrO4-. The van der Waals surface area contributed by atoms with E-state index in [1.165, 1.54) is 12.1 Å². The number of ether oxygens (including phenoxy) is 1. The van der Waals surface area contributed by atoms with Crippen LogP contribution in [0, 0.1) is 0 Å². The Bertz CT molecular complexity index is 686. The number of carbonyl (C=O) groups excluding carboxylic acids is 2. The maximum Gasteiger partial charge on any atom is 0.327 e. The van der Waals surface area contributed by atoms with E-state index in [9.17, 15) is 14.7 Å². The van der Waals surface area contributed by atoms with Crippen LogP contribution in [-0.4, -0.2) is 16.3 Å². The monoisotopic (exact) mass is 335 g/mol. The van der Waals surface area contributed by atoms with E-state index in [2.05, 4.69) is 15.9 Å². The number of hydrogen-bond acceptors (Lipinski definition) is 4. The van der Waals surface area contributed by atoms with Crippen molar-refractivity contribution in [2.75, 3.05) is 0 Å². The van der Waals surface area contributed by atoms with E-state index in [-0.39, 0.29) is 5.56 Å². The summed E-state index contributed by atoms with van der Waals surface area (Å²) in [5.41, 5.74) is 0.0681. The summed E-state index contributed by atoms with van der Waals surface area (Å²) in [4.78, 5) is 23.0. The Morgan fingerprint density at radius 2 is 1.70 bits per heavy atom. The lowest BCUT2D eigenvalue weighted by Gasteiger charge is -2.17. The van der Waals surface area contributed by atoms with Crippen LogP contribution in [-0.2, 0) is 4.79 Å². The van der Waals surface area contributed by atoms with Crippen molar-refractivity contribution in [3.8, 4) is 5.75 Å². The van der Waals surface area contributed by atoms with Crippen molar-refractivity contribution in [3.63, 3.8) is 0 Å². The molecule has 0 amide bonds. The normalized spacial score (nSPS) is 11.3. The fraction of sp³-hybridized carbons (Fsp3) is 0.200. The molecule has 0 aliphatic carbocycles. The number of alkyl halides is 1. The highest BCUT2D eigenvalue weighted by Crippen LogP contribution is 2.30. The molecule has 20 heavy (non-hydrogen) atoms. The maximum absolute atomic E-state index is 11.9. The Morgan fingerprint density at radius 1 is 1.10 bits per heavy atom. The Labute approximate surface area is 124 Å². The SMILES string of the molecule is CC(C)(Br)C(=O)Oc1ccc(C(=O)[O-])c2ccccc12. The standard InChI is InChI=1S/C15H13BrO4/c1-15(2,16)14(19)20-12-8-7-11(13(17)18)9-5-3-4-6-10(9)12/h3-8H,1-2H3,(H,17,18)/p-1. The van der Waals surface area contributed by atoms with E-state index >= 15 is 0 Å². The van der Waals surface area contributed by atoms with E-state index in [4.69, 9.17) is 4.74 Å². The van der Waals surface area contributed by atoms with Crippen molar-refractivity contribution in [2.24, 2.45) is 0 Å². The third-order valence-electron chi connectivity index (χ3n) is 2.79. The molecule has 0 unspecified atom stereocenters. The molecule has 0 aliphatic rings. The van der Waals surface area contributed by atoms with Gasteiger partial charge in [-0.25, -0.2) is 0 Å². The summed E-state index contributed by atoms with van der Waals surface area (Å²) >= 11 is 3.22. The fourth-order valence-electron chi connectivity index (χ4n) is 1.76. The summed E-state index contributed by atoms with van der Waals surface area (Å²) in [5.74, 6) is -1.40. The van der Waals surface area contributed by atoms with Crippen molar-refractivity contribution in [1.82, 2.24) is 0 Å². The van der Waals surface area contributed by atoms with Gasteiger partial charge in [0.1, 0.15) is 10.1 Å². The first-order valence-electron chi connectivity index (χ1n) is 5.95. The van der Waals surface area contributed by atoms with Crippen LogP contribution in [0.4, 0.5) is 0 Å². The van der Waals surface area contributed by atoms with Gasteiger partial charge in [-0.15, -0.1) is 0 Å². The van der Waals surface area contributed by atoms with Gasteiger partial charge in [-0.3, -0.25) is 4.79 Å². The predicted octanol–water partition coefficient (Wildman–Crippen LogP) is 2.28. The van der Waals surface area contributed by atoms with E-state index in [0.717, 1.165) is 0 Å². The lowest BCUT2D eigenvalue weighted by atomic mass is 10.0. The summed E-state index contributed by atoms with van der Waals surface area (Å²) < 4.78 is 4.51. The first-order chi connectivity index (χ1) is 9.30. The highest BCUT2D eigenvalue weighted by molar-refractivity contribution is 9.10. The van der Waals surface area contributed by atoms with Crippen LogP contribution in [0.1, 0.15) is 24.2 Å². The lowest BCUT2D eigenvalue weighted by molar-refractivity contribution is -0.254. The number of carbonyl (C=O) groups is 2. The second-order valence-electron chi connectivity index (χ2n) is 4.81. The Morgan fingerprint density at radius 3 is 2.25 bits per heavy atom. The van der Waals surface area contributed by atoms with Gasteiger partial charge in [0.2, 0.25) is 0 Å². The molecule has 0 aliphatic heterocycles. The number of esters is 1. The number of carboxylic acid groups (broad SMARTS) is 1. The molecule has 0 spiro atoms. The molecule has 0 radical (unpaired) electrons. The number of rotatable bonds is 3. The van der Waals surface area contributed by atoms with Gasteiger partial charge in [0.15, 0.2) is 0 Å². The zero-order valence-electron chi connectivity index (χ0n) is 11.0. The van der Waals surface area contributed by atoms with Crippen LogP contribution in [0.3, 0.4) is 0 Å². The molecule has 2 aromatic rings. The molecule has 2 aromatic carbocycles. The predicted molar refractivity (Wildman–Crippen MR) is 76.9 cm³/mol. The molecule has 0 heterocycles. The number of hydrogen-bond donors (Lipinski definition) is 0. The smallest absolute Gasteiger partial charge is 0.327 e. The number of aromatic carboxylic acids is 1. The largest absolute Gasteiger partial charge is 0.545 e. The topological polar surface area (TPSA) is 66.4 Å². The molecule has 0 atom stereocenters. The zero-order chi connectivity index (χ0) is 14.9. The van der Waals surface area contributed by atoms with Gasteiger partial charge < -0.3 is 14.6 Å². The first kappa shape index (κ1) is 14.5. The third kappa shape index (κ3) is 2.82. The van der Waals surface area contributed by atoms with Gasteiger partial charge >= 0.3 is 5.97 Å². The molecular weight excluding hydrogens is 324 g/mol. The maximum atomic E-state index is 11.9. The quantitative estimate of drug-likeness (QED) is 0.490. The Kier molecular flexibility index (Phi) is 3.81. The average molecular weight is 336 g/mol. The van der Waals surface area contributed by atoms with E-state index in [1.807, 2.05) is 0 Å². The van der Waals surface area contributed by atoms with Gasteiger partial charge in [0.25, 0.3) is 0 Å². The summed E-state index contributed by atoms with van der Waals surface area (Å²) in [7, 11) is 0. The van der Waals surface area contributed by atoms with Gasteiger partial charge in [-0.1, -0.05) is 40.2 Å². The zero-order valence-corrected chi connectivity index (χ0v) is 12.6. The Hall–Kier alpha value is -1.88. The minimum Gasteiger partial charge on any atom is -0.545 e. The molecule has 0 N–H and O–H groups in total. The number of fused-ring (bicyclic) bond motifs is 1. The molecule has 0 saturated heterocycles. The number of carboxylic acids is 1. The highest BCUT2D eigenvalue weighted by Gasteiger charge is 2.26. The summed E-state index contributed by atoms with van der Waals surface area (Å²) in [6.07, 6.45) is 0. The van der Waals surface area contributed by atoms with Gasteiger partial charge in [-0.2, -0.15) is 0 Å². The number of halogens is 1. The molecule has 5 heteroatoms.